The van der Waals surface area contributed by atoms with Crippen LogP contribution in [-0.4, -0.2) is 76.3 Å². The van der Waals surface area contributed by atoms with Gasteiger partial charge in [-0.15, -0.1) is 0 Å². The third-order valence-corrected chi connectivity index (χ3v) is 9.91. The molecule has 1 amide bonds. The molecule has 0 atom stereocenters. The largest absolute Gasteiger partial charge is 0.494 e. The number of carbonyl (C=O) groups excluding carboxylic acids is 1. The van der Waals surface area contributed by atoms with E-state index >= 15 is 0 Å². The number of amides is 1. The minimum absolute atomic E-state index is 0.00924. The van der Waals surface area contributed by atoms with E-state index in [2.05, 4.69) is 17.0 Å². The normalized spacial score (nSPS) is 17.3. The van der Waals surface area contributed by atoms with Gasteiger partial charge in [-0.05, 0) is 86.2 Å². The predicted molar refractivity (Wildman–Crippen MR) is 140 cm³/mol. The first kappa shape index (κ1) is 28.2. The summed E-state index contributed by atoms with van der Waals surface area (Å²) in [5.41, 5.74) is 4.09. The van der Waals surface area contributed by atoms with Crippen LogP contribution in [0.5, 0.6) is 17.2 Å². The molecule has 208 valence electrons. The second kappa shape index (κ2) is 12.3. The number of hydrogen-bond donors (Lipinski definition) is 2. The highest BCUT2D eigenvalue weighted by Gasteiger charge is 2.52. The van der Waals surface area contributed by atoms with Gasteiger partial charge < -0.3 is 18.9 Å². The van der Waals surface area contributed by atoms with Crippen LogP contribution in [0.1, 0.15) is 36.8 Å². The lowest BCUT2D eigenvalue weighted by Gasteiger charge is -2.34. The molecule has 1 saturated heterocycles. The Hall–Kier alpha value is -2.86. The van der Waals surface area contributed by atoms with E-state index in [0.717, 1.165) is 50.4 Å². The van der Waals surface area contributed by atoms with Gasteiger partial charge in [0.25, 0.3) is 5.91 Å². The lowest BCUT2D eigenvalue weighted by Crippen LogP contribution is -2.54. The fourth-order valence-electron chi connectivity index (χ4n) is 5.12. The Balaban J connectivity index is 1.26. The average Bonchev–Trinajstić information content (AvgIpc) is 2.96. The fourth-order valence-corrected chi connectivity index (χ4v) is 7.06. The highest BCUT2D eigenvalue weighted by molar-refractivity contribution is 7.93. The number of rotatable bonds is 11. The maximum Gasteiger partial charge on any atom is 0.265 e. The number of carbonyl (C=O) groups is 1. The lowest BCUT2D eigenvalue weighted by atomic mass is 9.98. The van der Waals surface area contributed by atoms with Gasteiger partial charge in [-0.2, -0.15) is 0 Å². The van der Waals surface area contributed by atoms with Crippen LogP contribution >= 0.6 is 0 Å². The number of nitrogens with zero attached hydrogens (tertiary/aromatic N) is 1. The Labute approximate surface area is 223 Å². The first-order chi connectivity index (χ1) is 18.3. The van der Waals surface area contributed by atoms with E-state index in [1.807, 2.05) is 0 Å². The molecule has 2 aromatic rings. The van der Waals surface area contributed by atoms with Crippen LogP contribution in [-0.2, 0) is 32.3 Å². The van der Waals surface area contributed by atoms with Gasteiger partial charge in [0.05, 0.1) is 25.7 Å². The zero-order chi connectivity index (χ0) is 27.2. The zero-order valence-electron chi connectivity index (χ0n) is 21.9. The molecule has 11 heteroatoms. The summed E-state index contributed by atoms with van der Waals surface area (Å²) in [5, 5.41) is 9.18. The molecule has 2 aliphatic rings. The summed E-state index contributed by atoms with van der Waals surface area (Å²) in [7, 11) is -0.750. The minimum atomic E-state index is -4.05. The summed E-state index contributed by atoms with van der Waals surface area (Å²) in [6.07, 6.45) is 2.75. The Bertz CT molecular complexity index is 1210. The first-order valence-corrected chi connectivity index (χ1v) is 14.3. The number of hydrogen-bond acceptors (Lipinski definition) is 9. The number of hydroxylamine groups is 1. The topological polar surface area (TPSA) is 124 Å². The van der Waals surface area contributed by atoms with Crippen molar-refractivity contribution in [2.24, 2.45) is 0 Å². The summed E-state index contributed by atoms with van der Waals surface area (Å²) >= 11 is 0. The van der Waals surface area contributed by atoms with Crippen molar-refractivity contribution in [2.75, 3.05) is 47.1 Å². The third kappa shape index (κ3) is 5.75. The molecule has 4 rings (SSSR count). The van der Waals surface area contributed by atoms with Crippen molar-refractivity contribution in [3.63, 3.8) is 0 Å². The van der Waals surface area contributed by atoms with Gasteiger partial charge in [-0.25, -0.2) is 13.9 Å². The number of unbranched alkanes of at least 4 members (excludes halogenated alkanes) is 1. The van der Waals surface area contributed by atoms with E-state index in [1.54, 1.807) is 26.4 Å². The van der Waals surface area contributed by atoms with E-state index in [4.69, 9.17) is 18.9 Å². The van der Waals surface area contributed by atoms with E-state index in [1.165, 1.54) is 28.7 Å². The Morgan fingerprint density at radius 1 is 1.05 bits per heavy atom. The first-order valence-electron chi connectivity index (χ1n) is 12.8. The van der Waals surface area contributed by atoms with Crippen molar-refractivity contribution < 1.29 is 37.4 Å². The van der Waals surface area contributed by atoms with Crippen LogP contribution in [0.3, 0.4) is 0 Å². The van der Waals surface area contributed by atoms with Gasteiger partial charge in [0.15, 0.2) is 26.1 Å². The maximum absolute atomic E-state index is 13.3. The number of nitrogens with one attached hydrogen (secondary N) is 1. The van der Waals surface area contributed by atoms with Gasteiger partial charge in [0.2, 0.25) is 0 Å². The highest BCUT2D eigenvalue weighted by Crippen LogP contribution is 2.36. The Morgan fingerprint density at radius 3 is 2.34 bits per heavy atom. The third-order valence-electron chi connectivity index (χ3n) is 7.40. The van der Waals surface area contributed by atoms with Crippen molar-refractivity contribution in [1.82, 2.24) is 10.4 Å². The summed E-state index contributed by atoms with van der Waals surface area (Å²) < 4.78 is 46.8. The summed E-state index contributed by atoms with van der Waals surface area (Å²) in [5.74, 6) is 1.14. The molecule has 2 aliphatic heterocycles. The molecule has 0 aromatic heterocycles. The van der Waals surface area contributed by atoms with Crippen LogP contribution in [0.15, 0.2) is 41.3 Å². The van der Waals surface area contributed by atoms with Crippen LogP contribution in [0.4, 0.5) is 0 Å². The van der Waals surface area contributed by atoms with Crippen molar-refractivity contribution in [2.45, 2.75) is 48.3 Å². The van der Waals surface area contributed by atoms with Crippen molar-refractivity contribution in [1.29, 1.82) is 0 Å². The van der Waals surface area contributed by atoms with E-state index < -0.39 is 20.5 Å². The molecule has 0 aliphatic carbocycles. The molecule has 2 N–H and O–H groups in total. The quantitative estimate of drug-likeness (QED) is 0.248. The highest BCUT2D eigenvalue weighted by atomic mass is 32.2. The van der Waals surface area contributed by atoms with Crippen LogP contribution in [0.2, 0.25) is 0 Å². The summed E-state index contributed by atoms with van der Waals surface area (Å²) in [6, 6.07) is 10.2. The second-order valence-corrected chi connectivity index (χ2v) is 11.8. The summed E-state index contributed by atoms with van der Waals surface area (Å²) in [6.45, 7) is 3.57. The number of sulfone groups is 1. The van der Waals surface area contributed by atoms with Gasteiger partial charge in [-0.1, -0.05) is 0 Å². The lowest BCUT2D eigenvalue weighted by molar-refractivity contribution is -0.134. The molecule has 38 heavy (non-hydrogen) atoms. The molecule has 0 spiro atoms. The van der Waals surface area contributed by atoms with Gasteiger partial charge in [0, 0.05) is 26.3 Å². The van der Waals surface area contributed by atoms with Gasteiger partial charge in [-0.3, -0.25) is 14.9 Å². The molecule has 0 radical (unpaired) electrons. The van der Waals surface area contributed by atoms with Gasteiger partial charge in [0.1, 0.15) is 5.75 Å². The average molecular weight is 549 g/mol. The predicted octanol–water partition coefficient (Wildman–Crippen LogP) is 2.75. The molecule has 2 aromatic carbocycles. The van der Waals surface area contributed by atoms with E-state index in [9.17, 15) is 18.4 Å². The van der Waals surface area contributed by atoms with Crippen molar-refractivity contribution in [3.05, 3.63) is 47.5 Å². The fraction of sp³-hybridized carbons (Fsp3) is 0.519. The molecule has 0 unspecified atom stereocenters. The van der Waals surface area contributed by atoms with Crippen molar-refractivity contribution in [3.8, 4) is 17.2 Å². The molecular formula is C27H36N2O8S. The molecule has 0 bridgehead atoms. The smallest absolute Gasteiger partial charge is 0.265 e. The summed E-state index contributed by atoms with van der Waals surface area (Å²) in [4.78, 5) is 14.8. The molecule has 10 nitrogen and oxygen atoms in total. The number of ether oxygens (including phenoxy) is 4. The maximum atomic E-state index is 13.3. The molecule has 0 saturated carbocycles. The van der Waals surface area contributed by atoms with E-state index in [0.29, 0.717) is 12.4 Å². The van der Waals surface area contributed by atoms with Crippen LogP contribution in [0.25, 0.3) is 0 Å². The minimum Gasteiger partial charge on any atom is -0.494 e. The monoisotopic (exact) mass is 548 g/mol. The molecule has 1 fully saturated rings. The van der Waals surface area contributed by atoms with Crippen LogP contribution in [0, 0.1) is 0 Å². The standard InChI is InChI=1S/C27H36N2O8S/c1-34-24-17-20-9-13-29(19-21(20)18-25(24)35-2)12-3-4-14-37-22-5-7-23(8-6-22)38(32,33)27(26(30)28-31)10-15-36-16-11-27/h5-8,17-18,31H,3-4,9-16,19H2,1-2H3,(H,28,30). The van der Waals surface area contributed by atoms with Crippen LogP contribution < -0.4 is 19.7 Å². The SMILES string of the molecule is COc1cc2c(cc1OC)CN(CCCCOc1ccc(S(=O)(=O)C3(C(=O)NO)CCOCC3)cc1)CC2. The van der Waals surface area contributed by atoms with Crippen molar-refractivity contribution >= 4 is 15.7 Å². The molecule has 2 heterocycles. The number of benzene rings is 2. The van der Waals surface area contributed by atoms with E-state index in [-0.39, 0.29) is 31.0 Å². The zero-order valence-corrected chi connectivity index (χ0v) is 22.7. The number of fused-ring (bicyclic) bond motifs is 1. The Kier molecular flexibility index (Phi) is 9.14. The number of methoxy groups -OCH3 is 2. The van der Waals surface area contributed by atoms with Gasteiger partial charge >= 0.3 is 0 Å². The Morgan fingerprint density at radius 2 is 1.71 bits per heavy atom. The molecular weight excluding hydrogens is 512 g/mol. The second-order valence-electron chi connectivity index (χ2n) is 9.58.